The third kappa shape index (κ3) is 7.51. The summed E-state index contributed by atoms with van der Waals surface area (Å²) in [5.41, 5.74) is -1.06. The number of carbonyl (C=O) groups is 1. The molecule has 2 fully saturated rings. The standard InChI is InChI=1S/C27H34F3N5O4/c1-2-3-4-26(36)34-13-11-33(12-14-34)21-16-23(18-31-17-21)39-22-8-5-19(6-9-22)32-20-7-10-25(35(37)38)24(15-20)27(28,29)30/h7,10,15-19,22,32H,2-6,8-9,11-14H2,1H3. The van der Waals surface area contributed by atoms with Gasteiger partial charge in [0, 0.05) is 56.5 Å². The fourth-order valence-corrected chi connectivity index (χ4v) is 5.11. The van der Waals surface area contributed by atoms with Crippen molar-refractivity contribution in [1.29, 1.82) is 0 Å². The first kappa shape index (κ1) is 28.4. The van der Waals surface area contributed by atoms with E-state index in [2.05, 4.69) is 22.1 Å². The lowest BCUT2D eigenvalue weighted by Gasteiger charge is -2.36. The number of rotatable bonds is 9. The second kappa shape index (κ2) is 12.5. The second-order valence-corrected chi connectivity index (χ2v) is 10.1. The van der Waals surface area contributed by atoms with E-state index in [1.54, 1.807) is 12.4 Å². The van der Waals surface area contributed by atoms with Gasteiger partial charge in [0.2, 0.25) is 5.91 Å². The van der Waals surface area contributed by atoms with E-state index in [4.69, 9.17) is 4.74 Å². The van der Waals surface area contributed by atoms with Crippen LogP contribution in [-0.4, -0.2) is 59.0 Å². The van der Waals surface area contributed by atoms with Crippen LogP contribution in [0, 0.1) is 10.1 Å². The van der Waals surface area contributed by atoms with Crippen LogP contribution in [0.3, 0.4) is 0 Å². The van der Waals surface area contributed by atoms with Crippen molar-refractivity contribution in [3.8, 4) is 5.75 Å². The summed E-state index contributed by atoms with van der Waals surface area (Å²) in [4.78, 5) is 30.7. The number of nitro benzene ring substituents is 1. The average molecular weight is 550 g/mol. The molecule has 9 nitrogen and oxygen atoms in total. The molecule has 0 atom stereocenters. The third-order valence-electron chi connectivity index (χ3n) is 7.29. The zero-order valence-electron chi connectivity index (χ0n) is 22.0. The maximum atomic E-state index is 13.3. The molecule has 1 aromatic carbocycles. The Morgan fingerprint density at radius 3 is 2.49 bits per heavy atom. The van der Waals surface area contributed by atoms with E-state index < -0.39 is 22.4 Å². The number of piperazine rings is 1. The molecule has 12 heteroatoms. The number of nitro groups is 1. The van der Waals surface area contributed by atoms with Gasteiger partial charge in [-0.25, -0.2) is 0 Å². The predicted octanol–water partition coefficient (Wildman–Crippen LogP) is 5.65. The molecule has 0 bridgehead atoms. The summed E-state index contributed by atoms with van der Waals surface area (Å²) < 4.78 is 46.1. The van der Waals surface area contributed by atoms with E-state index in [1.807, 2.05) is 11.0 Å². The number of hydrogen-bond acceptors (Lipinski definition) is 7. The number of amides is 1. The van der Waals surface area contributed by atoms with Gasteiger partial charge in [-0.1, -0.05) is 13.3 Å². The van der Waals surface area contributed by atoms with E-state index >= 15 is 0 Å². The molecule has 2 aliphatic rings. The molecule has 1 amide bonds. The van der Waals surface area contributed by atoms with Crippen LogP contribution in [0.1, 0.15) is 57.4 Å². The molecule has 1 saturated heterocycles. The highest BCUT2D eigenvalue weighted by atomic mass is 19.4. The molecule has 1 saturated carbocycles. The smallest absolute Gasteiger partial charge is 0.423 e. The van der Waals surface area contributed by atoms with Gasteiger partial charge in [-0.3, -0.25) is 19.9 Å². The number of anilines is 2. The third-order valence-corrected chi connectivity index (χ3v) is 7.29. The molecular formula is C27H34F3N5O4. The molecule has 0 radical (unpaired) electrons. The molecule has 1 N–H and O–H groups in total. The van der Waals surface area contributed by atoms with Crippen molar-refractivity contribution >= 4 is 23.0 Å². The molecule has 0 spiro atoms. The molecule has 0 unspecified atom stereocenters. The first-order valence-corrected chi connectivity index (χ1v) is 13.4. The highest BCUT2D eigenvalue weighted by molar-refractivity contribution is 5.76. The van der Waals surface area contributed by atoms with Gasteiger partial charge in [0.1, 0.15) is 11.3 Å². The Morgan fingerprint density at radius 1 is 1.13 bits per heavy atom. The number of nitrogens with one attached hydrogen (secondary N) is 1. The number of hydrogen-bond donors (Lipinski definition) is 1. The largest absolute Gasteiger partial charge is 0.489 e. The van der Waals surface area contributed by atoms with E-state index in [0.29, 0.717) is 50.9 Å². The van der Waals surface area contributed by atoms with Crippen LogP contribution in [-0.2, 0) is 11.0 Å². The van der Waals surface area contributed by atoms with Gasteiger partial charge in [0.15, 0.2) is 0 Å². The summed E-state index contributed by atoms with van der Waals surface area (Å²) in [6.07, 6.45) is 3.91. The van der Waals surface area contributed by atoms with Crippen molar-refractivity contribution in [1.82, 2.24) is 9.88 Å². The Kier molecular flexibility index (Phi) is 9.13. The summed E-state index contributed by atoms with van der Waals surface area (Å²) in [6, 6.07) is 4.91. The maximum Gasteiger partial charge on any atom is 0.423 e. The predicted molar refractivity (Wildman–Crippen MR) is 141 cm³/mol. The molecule has 212 valence electrons. The summed E-state index contributed by atoms with van der Waals surface area (Å²) >= 11 is 0. The van der Waals surface area contributed by atoms with Crippen molar-refractivity contribution in [2.75, 3.05) is 36.4 Å². The molecule has 2 aromatic rings. The molecule has 1 aliphatic heterocycles. The van der Waals surface area contributed by atoms with E-state index in [0.717, 1.165) is 43.8 Å². The topological polar surface area (TPSA) is 101 Å². The van der Waals surface area contributed by atoms with Crippen LogP contribution in [0.5, 0.6) is 5.75 Å². The fourth-order valence-electron chi connectivity index (χ4n) is 5.11. The van der Waals surface area contributed by atoms with Crippen molar-refractivity contribution in [3.05, 3.63) is 52.3 Å². The average Bonchev–Trinajstić information content (AvgIpc) is 2.92. The van der Waals surface area contributed by atoms with Gasteiger partial charge in [0.05, 0.1) is 29.1 Å². The van der Waals surface area contributed by atoms with Crippen molar-refractivity contribution in [2.24, 2.45) is 0 Å². The van der Waals surface area contributed by atoms with Crippen LogP contribution >= 0.6 is 0 Å². The monoisotopic (exact) mass is 549 g/mol. The number of carbonyl (C=O) groups excluding carboxylic acids is 1. The molecule has 4 rings (SSSR count). The quantitative estimate of drug-likeness (QED) is 0.319. The molecule has 1 aromatic heterocycles. The van der Waals surface area contributed by atoms with Crippen molar-refractivity contribution < 1.29 is 27.6 Å². The number of benzene rings is 1. The highest BCUT2D eigenvalue weighted by Gasteiger charge is 2.38. The van der Waals surface area contributed by atoms with Gasteiger partial charge in [-0.2, -0.15) is 13.2 Å². The number of ether oxygens (including phenoxy) is 1. The Morgan fingerprint density at radius 2 is 1.85 bits per heavy atom. The van der Waals surface area contributed by atoms with Gasteiger partial charge in [0.25, 0.3) is 5.69 Å². The SMILES string of the molecule is CCCCC(=O)N1CCN(c2cncc(OC3CCC(Nc4ccc([N+](=O)[O-])c(C(F)(F)F)c4)CC3)c2)CC1. The minimum Gasteiger partial charge on any atom is -0.489 e. The molecular weight excluding hydrogens is 515 g/mol. The highest BCUT2D eigenvalue weighted by Crippen LogP contribution is 2.38. The number of unbranched alkanes of at least 4 members (excludes halogenated alkanes) is 1. The molecule has 2 heterocycles. The van der Waals surface area contributed by atoms with Crippen LogP contribution in [0.15, 0.2) is 36.7 Å². The summed E-state index contributed by atoms with van der Waals surface area (Å²) in [7, 11) is 0. The van der Waals surface area contributed by atoms with Gasteiger partial charge in [-0.05, 0) is 44.2 Å². The molecule has 39 heavy (non-hydrogen) atoms. The number of halogens is 3. The number of pyridine rings is 1. The number of aromatic nitrogens is 1. The minimum absolute atomic E-state index is 0.0456. The summed E-state index contributed by atoms with van der Waals surface area (Å²) in [5, 5.41) is 14.1. The Labute approximate surface area is 225 Å². The maximum absolute atomic E-state index is 13.3. The van der Waals surface area contributed by atoms with Crippen LogP contribution < -0.4 is 15.0 Å². The zero-order valence-corrected chi connectivity index (χ0v) is 22.0. The van der Waals surface area contributed by atoms with Crippen LogP contribution in [0.2, 0.25) is 0 Å². The first-order valence-electron chi connectivity index (χ1n) is 13.4. The lowest BCUT2D eigenvalue weighted by Crippen LogP contribution is -2.48. The fraction of sp³-hybridized carbons (Fsp3) is 0.556. The van der Waals surface area contributed by atoms with E-state index in [1.165, 1.54) is 6.07 Å². The summed E-state index contributed by atoms with van der Waals surface area (Å²) in [5.74, 6) is 0.877. The van der Waals surface area contributed by atoms with Gasteiger partial charge >= 0.3 is 6.18 Å². The van der Waals surface area contributed by atoms with Gasteiger partial charge < -0.3 is 19.9 Å². The van der Waals surface area contributed by atoms with Crippen LogP contribution in [0.25, 0.3) is 0 Å². The summed E-state index contributed by atoms with van der Waals surface area (Å²) in [6.45, 7) is 4.92. The van der Waals surface area contributed by atoms with Crippen molar-refractivity contribution in [3.63, 3.8) is 0 Å². The second-order valence-electron chi connectivity index (χ2n) is 10.1. The van der Waals surface area contributed by atoms with Gasteiger partial charge in [-0.15, -0.1) is 0 Å². The normalized spacial score (nSPS) is 20.0. The Hall–Kier alpha value is -3.57. The Bertz CT molecular complexity index is 1150. The lowest BCUT2D eigenvalue weighted by molar-refractivity contribution is -0.388. The first-order chi connectivity index (χ1) is 18.6. The van der Waals surface area contributed by atoms with E-state index in [-0.39, 0.29) is 23.7 Å². The number of alkyl halides is 3. The molecule has 1 aliphatic carbocycles. The zero-order chi connectivity index (χ0) is 28.0. The lowest BCUT2D eigenvalue weighted by atomic mass is 9.92. The van der Waals surface area contributed by atoms with E-state index in [9.17, 15) is 28.1 Å². The Balaban J connectivity index is 1.27. The number of nitrogens with zero attached hydrogens (tertiary/aromatic N) is 4. The minimum atomic E-state index is -4.81. The van der Waals surface area contributed by atoms with Crippen LogP contribution in [0.4, 0.5) is 30.2 Å². The van der Waals surface area contributed by atoms with Crippen molar-refractivity contribution in [2.45, 2.75) is 70.2 Å².